The fourth-order valence-electron chi connectivity index (χ4n) is 1.29. The predicted molar refractivity (Wildman–Crippen MR) is 67.6 cm³/mol. The monoisotopic (exact) mass is 255 g/mol. The van der Waals surface area contributed by atoms with Gasteiger partial charge in [0, 0.05) is 11.4 Å². The van der Waals surface area contributed by atoms with Crippen molar-refractivity contribution >= 4 is 17.7 Å². The average Bonchev–Trinajstić information content (AvgIpc) is 2.18. The van der Waals surface area contributed by atoms with Crippen LogP contribution >= 0.6 is 11.8 Å². The van der Waals surface area contributed by atoms with Crippen LogP contribution in [0.5, 0.6) is 5.75 Å². The lowest BCUT2D eigenvalue weighted by Gasteiger charge is -2.14. The van der Waals surface area contributed by atoms with Crippen LogP contribution in [0.1, 0.15) is 27.2 Å². The molecule has 1 rings (SSSR count). The number of nitrogens with zero attached hydrogens (tertiary/aromatic N) is 1. The number of aromatic nitrogens is 1. The third-order valence-electron chi connectivity index (χ3n) is 1.87. The Labute approximate surface area is 105 Å². The van der Waals surface area contributed by atoms with Crippen molar-refractivity contribution in [3.63, 3.8) is 0 Å². The van der Waals surface area contributed by atoms with Gasteiger partial charge in [-0.3, -0.25) is 4.79 Å². The van der Waals surface area contributed by atoms with E-state index < -0.39 is 5.97 Å². The molecule has 1 heterocycles. The molecule has 0 saturated carbocycles. The molecule has 1 aromatic rings. The van der Waals surface area contributed by atoms with Crippen LogP contribution in [-0.4, -0.2) is 27.4 Å². The molecule has 1 atom stereocenters. The first-order valence-electron chi connectivity index (χ1n) is 5.49. The summed E-state index contributed by atoms with van der Waals surface area (Å²) in [5, 5.41) is 9.43. The van der Waals surface area contributed by atoms with E-state index in [4.69, 9.17) is 9.84 Å². The van der Waals surface area contributed by atoms with Crippen molar-refractivity contribution in [2.24, 2.45) is 0 Å². The van der Waals surface area contributed by atoms with Crippen LogP contribution < -0.4 is 4.74 Å². The van der Waals surface area contributed by atoms with Crippen molar-refractivity contribution in [3.05, 3.63) is 18.3 Å². The molecule has 1 N–H and O–H groups in total. The first-order valence-corrected chi connectivity index (χ1v) is 6.37. The lowest BCUT2D eigenvalue weighted by molar-refractivity contribution is -0.136. The normalized spacial score (nSPS) is 12.5. The summed E-state index contributed by atoms with van der Waals surface area (Å²) < 4.78 is 5.62. The molecule has 0 amide bonds. The van der Waals surface area contributed by atoms with Crippen LogP contribution in [0.4, 0.5) is 0 Å². The second-order valence-corrected chi connectivity index (χ2v) is 5.43. The van der Waals surface area contributed by atoms with Gasteiger partial charge in [0.25, 0.3) is 0 Å². The van der Waals surface area contributed by atoms with E-state index in [1.165, 1.54) is 11.8 Å². The van der Waals surface area contributed by atoms with Gasteiger partial charge in [0.15, 0.2) is 5.75 Å². The number of thioether (sulfide) groups is 1. The summed E-state index contributed by atoms with van der Waals surface area (Å²) in [6.45, 7) is 5.76. The zero-order valence-electron chi connectivity index (χ0n) is 10.2. The van der Waals surface area contributed by atoms with E-state index in [2.05, 4.69) is 4.98 Å². The van der Waals surface area contributed by atoms with Crippen molar-refractivity contribution in [1.82, 2.24) is 4.98 Å². The molecule has 0 aromatic carbocycles. The molecule has 4 nitrogen and oxygen atoms in total. The van der Waals surface area contributed by atoms with Gasteiger partial charge in [0.2, 0.25) is 0 Å². The highest BCUT2D eigenvalue weighted by atomic mass is 32.2. The predicted octanol–water partition coefficient (Wildman–Crippen LogP) is 2.82. The molecule has 17 heavy (non-hydrogen) atoms. The van der Waals surface area contributed by atoms with Crippen LogP contribution in [0.25, 0.3) is 0 Å². The van der Waals surface area contributed by atoms with Gasteiger partial charge in [-0.15, -0.1) is 0 Å². The Morgan fingerprint density at radius 1 is 1.53 bits per heavy atom. The molecule has 1 aromatic heterocycles. The molecule has 0 aliphatic heterocycles. The van der Waals surface area contributed by atoms with Gasteiger partial charge in [0.1, 0.15) is 5.03 Å². The molecular weight excluding hydrogens is 238 g/mol. The zero-order chi connectivity index (χ0) is 12.8. The number of carbonyl (C=O) groups is 1. The summed E-state index contributed by atoms with van der Waals surface area (Å²) in [7, 11) is 0. The van der Waals surface area contributed by atoms with Crippen LogP contribution in [0, 0.1) is 0 Å². The highest BCUT2D eigenvalue weighted by Crippen LogP contribution is 2.31. The summed E-state index contributed by atoms with van der Waals surface area (Å²) in [5.41, 5.74) is 0. The Morgan fingerprint density at radius 3 is 2.82 bits per heavy atom. The average molecular weight is 255 g/mol. The molecule has 0 aliphatic rings. The van der Waals surface area contributed by atoms with Crippen LogP contribution in [-0.2, 0) is 4.79 Å². The van der Waals surface area contributed by atoms with Crippen molar-refractivity contribution in [1.29, 1.82) is 0 Å². The van der Waals surface area contributed by atoms with Gasteiger partial charge in [-0.2, -0.15) is 0 Å². The largest absolute Gasteiger partial charge is 0.488 e. The number of pyridine rings is 1. The van der Waals surface area contributed by atoms with E-state index >= 15 is 0 Å². The molecule has 0 fully saturated rings. The number of carboxylic acids is 1. The van der Waals surface area contributed by atoms with E-state index in [9.17, 15) is 4.79 Å². The highest BCUT2D eigenvalue weighted by molar-refractivity contribution is 8.00. The first-order chi connectivity index (χ1) is 7.99. The van der Waals surface area contributed by atoms with Gasteiger partial charge >= 0.3 is 5.97 Å². The first kappa shape index (κ1) is 13.8. The lowest BCUT2D eigenvalue weighted by atomic mass is 10.3. The number of ether oxygens (including phenoxy) is 1. The van der Waals surface area contributed by atoms with E-state index in [0.29, 0.717) is 5.75 Å². The van der Waals surface area contributed by atoms with E-state index in [1.807, 2.05) is 32.9 Å². The quantitative estimate of drug-likeness (QED) is 0.792. The molecular formula is C12H17NO3S. The minimum absolute atomic E-state index is 0.0306. The number of hydrogen-bond acceptors (Lipinski definition) is 4. The number of aliphatic carboxylic acids is 1. The van der Waals surface area contributed by atoms with Crippen LogP contribution in [0.2, 0.25) is 0 Å². The van der Waals surface area contributed by atoms with Crippen molar-refractivity contribution in [3.8, 4) is 5.75 Å². The van der Waals surface area contributed by atoms with Crippen molar-refractivity contribution in [2.45, 2.75) is 43.6 Å². The fourth-order valence-corrected chi connectivity index (χ4v) is 2.25. The van der Waals surface area contributed by atoms with Gasteiger partial charge in [0.05, 0.1) is 12.5 Å². The van der Waals surface area contributed by atoms with Gasteiger partial charge < -0.3 is 9.84 Å². The second kappa shape index (κ2) is 6.49. The standard InChI is InChI=1S/C12H17NO3S/c1-8(2)16-10-5-4-6-13-12(10)17-9(3)7-11(14)15/h4-6,8-9H,7H2,1-3H3,(H,14,15). The summed E-state index contributed by atoms with van der Waals surface area (Å²) in [4.78, 5) is 14.8. The van der Waals surface area contributed by atoms with Crippen molar-refractivity contribution in [2.75, 3.05) is 0 Å². The molecule has 0 bridgehead atoms. The molecule has 0 aliphatic carbocycles. The summed E-state index contributed by atoms with van der Waals surface area (Å²) in [5.74, 6) is -0.0861. The second-order valence-electron chi connectivity index (χ2n) is 4.00. The Bertz CT molecular complexity index is 382. The number of carboxylic acid groups (broad SMARTS) is 1. The smallest absolute Gasteiger partial charge is 0.304 e. The Hall–Kier alpha value is -1.23. The number of rotatable bonds is 6. The SMILES string of the molecule is CC(C)Oc1cccnc1SC(C)CC(=O)O. The highest BCUT2D eigenvalue weighted by Gasteiger charge is 2.14. The Morgan fingerprint density at radius 2 is 2.24 bits per heavy atom. The zero-order valence-corrected chi connectivity index (χ0v) is 11.0. The summed E-state index contributed by atoms with van der Waals surface area (Å²) >= 11 is 1.42. The third-order valence-corrected chi connectivity index (χ3v) is 2.97. The van der Waals surface area contributed by atoms with Crippen LogP contribution in [0.3, 0.4) is 0 Å². The van der Waals surface area contributed by atoms with Gasteiger partial charge in [-0.25, -0.2) is 4.98 Å². The summed E-state index contributed by atoms with van der Waals surface area (Å²) in [6, 6.07) is 3.66. The van der Waals surface area contributed by atoms with Crippen LogP contribution in [0.15, 0.2) is 23.4 Å². The molecule has 1 unspecified atom stereocenters. The van der Waals surface area contributed by atoms with Crippen molar-refractivity contribution < 1.29 is 14.6 Å². The molecule has 0 radical (unpaired) electrons. The van der Waals surface area contributed by atoms with Gasteiger partial charge in [-0.1, -0.05) is 18.7 Å². The minimum atomic E-state index is -0.799. The molecule has 94 valence electrons. The van der Waals surface area contributed by atoms with E-state index in [1.54, 1.807) is 6.20 Å². The van der Waals surface area contributed by atoms with E-state index in [-0.39, 0.29) is 17.8 Å². The van der Waals surface area contributed by atoms with Gasteiger partial charge in [-0.05, 0) is 26.0 Å². The molecule has 0 saturated heterocycles. The minimum Gasteiger partial charge on any atom is -0.488 e. The third kappa shape index (κ3) is 5.08. The maximum atomic E-state index is 10.6. The topological polar surface area (TPSA) is 59.4 Å². The Balaban J connectivity index is 2.72. The summed E-state index contributed by atoms with van der Waals surface area (Å²) in [6.07, 6.45) is 1.87. The molecule has 5 heteroatoms. The fraction of sp³-hybridized carbons (Fsp3) is 0.500. The van der Waals surface area contributed by atoms with E-state index in [0.717, 1.165) is 5.03 Å². The maximum absolute atomic E-state index is 10.6. The maximum Gasteiger partial charge on any atom is 0.304 e. The number of hydrogen-bond donors (Lipinski definition) is 1. The lowest BCUT2D eigenvalue weighted by Crippen LogP contribution is -2.09. The Kier molecular flexibility index (Phi) is 5.28. The molecule has 0 spiro atoms.